The highest BCUT2D eigenvalue weighted by Crippen LogP contribution is 2.33. The van der Waals surface area contributed by atoms with Crippen LogP contribution < -0.4 is 0 Å². The SMILES string of the molecule is Cl.O=[N+]([O-])c1ccc2ccncc2c1.c1ccc2c(c1)ccc1c3c(ccc12)CCCC3. The predicted octanol–water partition coefficient (Wildman–Crippen LogP) is 7.44. The van der Waals surface area contributed by atoms with Gasteiger partial charge in [0, 0.05) is 29.9 Å². The number of aryl methyl sites for hydroxylation is 2. The zero-order valence-corrected chi connectivity index (χ0v) is 18.3. The van der Waals surface area contributed by atoms with E-state index in [9.17, 15) is 10.1 Å². The molecular formula is C27H23ClN2O2. The summed E-state index contributed by atoms with van der Waals surface area (Å²) in [5, 5.41) is 17.8. The van der Waals surface area contributed by atoms with Crippen molar-refractivity contribution >= 4 is 50.4 Å². The number of benzene rings is 4. The van der Waals surface area contributed by atoms with Crippen LogP contribution in [0.25, 0.3) is 32.3 Å². The van der Waals surface area contributed by atoms with Crippen LogP contribution in [0.5, 0.6) is 0 Å². The van der Waals surface area contributed by atoms with Gasteiger partial charge in [0.15, 0.2) is 0 Å². The lowest BCUT2D eigenvalue weighted by Crippen LogP contribution is -2.02. The molecule has 0 radical (unpaired) electrons. The molecule has 160 valence electrons. The highest BCUT2D eigenvalue weighted by atomic mass is 35.5. The predicted molar refractivity (Wildman–Crippen MR) is 134 cm³/mol. The Balaban J connectivity index is 0.000000157. The molecule has 0 saturated heterocycles. The molecule has 0 aliphatic heterocycles. The Kier molecular flexibility index (Phi) is 6.33. The van der Waals surface area contributed by atoms with Crippen LogP contribution in [0.4, 0.5) is 5.69 Å². The van der Waals surface area contributed by atoms with E-state index in [4.69, 9.17) is 0 Å². The maximum absolute atomic E-state index is 10.4. The van der Waals surface area contributed by atoms with Crippen molar-refractivity contribution in [3.63, 3.8) is 0 Å². The second-order valence-electron chi connectivity index (χ2n) is 7.96. The summed E-state index contributed by atoms with van der Waals surface area (Å²) in [6.07, 6.45) is 8.49. The third kappa shape index (κ3) is 4.14. The molecule has 0 bridgehead atoms. The molecule has 5 aromatic rings. The number of hydrogen-bond acceptors (Lipinski definition) is 3. The van der Waals surface area contributed by atoms with E-state index >= 15 is 0 Å². The Bertz CT molecular complexity index is 1430. The molecule has 1 heterocycles. The molecule has 0 N–H and O–H groups in total. The summed E-state index contributed by atoms with van der Waals surface area (Å²) in [5.41, 5.74) is 3.27. The second kappa shape index (κ2) is 9.33. The molecule has 6 rings (SSSR count). The lowest BCUT2D eigenvalue weighted by molar-refractivity contribution is -0.384. The van der Waals surface area contributed by atoms with Gasteiger partial charge < -0.3 is 0 Å². The molecule has 1 aromatic heterocycles. The Morgan fingerprint density at radius 3 is 2.41 bits per heavy atom. The van der Waals surface area contributed by atoms with Gasteiger partial charge in [-0.25, -0.2) is 0 Å². The average molecular weight is 443 g/mol. The van der Waals surface area contributed by atoms with Crippen molar-refractivity contribution in [2.45, 2.75) is 25.7 Å². The number of nitrogens with zero attached hydrogens (tertiary/aromatic N) is 2. The Morgan fingerprint density at radius 2 is 1.53 bits per heavy atom. The molecule has 0 spiro atoms. The lowest BCUT2D eigenvalue weighted by atomic mass is 9.86. The zero-order chi connectivity index (χ0) is 21.2. The van der Waals surface area contributed by atoms with E-state index in [1.54, 1.807) is 29.6 Å². The molecule has 0 unspecified atom stereocenters. The number of aromatic nitrogens is 1. The van der Waals surface area contributed by atoms with Crippen molar-refractivity contribution in [2.75, 3.05) is 0 Å². The molecule has 4 aromatic carbocycles. The smallest absolute Gasteiger partial charge is 0.264 e. The average Bonchev–Trinajstić information content (AvgIpc) is 2.83. The molecule has 5 heteroatoms. The molecule has 0 amide bonds. The third-order valence-electron chi connectivity index (χ3n) is 6.09. The molecule has 1 aliphatic carbocycles. The van der Waals surface area contributed by atoms with Crippen molar-refractivity contribution < 1.29 is 4.92 Å². The number of nitro benzene ring substituents is 1. The van der Waals surface area contributed by atoms with Gasteiger partial charge in [-0.3, -0.25) is 15.1 Å². The molecule has 32 heavy (non-hydrogen) atoms. The van der Waals surface area contributed by atoms with Gasteiger partial charge in [0.25, 0.3) is 5.69 Å². The van der Waals surface area contributed by atoms with Crippen LogP contribution in [0.3, 0.4) is 0 Å². The van der Waals surface area contributed by atoms with Crippen LogP contribution in [-0.4, -0.2) is 9.91 Å². The topological polar surface area (TPSA) is 56.0 Å². The van der Waals surface area contributed by atoms with E-state index in [2.05, 4.69) is 53.5 Å². The largest absolute Gasteiger partial charge is 0.270 e. The lowest BCUT2D eigenvalue weighted by Gasteiger charge is -2.18. The summed E-state index contributed by atoms with van der Waals surface area (Å²) >= 11 is 0. The minimum Gasteiger partial charge on any atom is -0.264 e. The standard InChI is InChI=1S/C18H16.C9H6N2O2.ClH/c1-3-7-15-13(5-1)9-11-18-16-8-4-2-6-14(16)10-12-17(15)18;12-11(13)9-2-1-7-3-4-10-6-8(7)5-9;/h1,3,5,7,9-12H,2,4,6,8H2;1-6H;1H. The first-order valence-electron chi connectivity index (χ1n) is 10.6. The molecule has 0 saturated carbocycles. The fraction of sp³-hybridized carbons (Fsp3) is 0.148. The van der Waals surface area contributed by atoms with E-state index in [0.717, 1.165) is 10.8 Å². The van der Waals surface area contributed by atoms with Crippen molar-refractivity contribution in [1.82, 2.24) is 4.98 Å². The number of hydrogen-bond donors (Lipinski definition) is 0. The normalized spacial score (nSPS) is 12.5. The summed E-state index contributed by atoms with van der Waals surface area (Å²) in [6, 6.07) is 24.5. The Labute approximate surface area is 192 Å². The highest BCUT2D eigenvalue weighted by molar-refractivity contribution is 6.08. The van der Waals surface area contributed by atoms with E-state index in [1.807, 2.05) is 6.07 Å². The first-order valence-corrected chi connectivity index (χ1v) is 10.6. The van der Waals surface area contributed by atoms with Crippen LogP contribution >= 0.6 is 12.4 Å². The Hall–Kier alpha value is -3.50. The number of non-ortho nitro benzene ring substituents is 1. The maximum atomic E-state index is 10.4. The van der Waals surface area contributed by atoms with Crippen molar-refractivity contribution in [2.24, 2.45) is 0 Å². The summed E-state index contributed by atoms with van der Waals surface area (Å²) in [4.78, 5) is 13.9. The van der Waals surface area contributed by atoms with Gasteiger partial charge in [-0.1, -0.05) is 48.5 Å². The first-order chi connectivity index (χ1) is 15.2. The zero-order valence-electron chi connectivity index (χ0n) is 17.5. The number of rotatable bonds is 1. The van der Waals surface area contributed by atoms with Crippen LogP contribution in [0, 0.1) is 10.1 Å². The van der Waals surface area contributed by atoms with Gasteiger partial charge in [0.2, 0.25) is 0 Å². The molecule has 0 fully saturated rings. The number of pyridine rings is 1. The molecule has 1 aliphatic rings. The van der Waals surface area contributed by atoms with Gasteiger partial charge >= 0.3 is 0 Å². The van der Waals surface area contributed by atoms with E-state index in [0.29, 0.717) is 0 Å². The summed E-state index contributed by atoms with van der Waals surface area (Å²) in [7, 11) is 0. The van der Waals surface area contributed by atoms with Gasteiger partial charge in [-0.2, -0.15) is 0 Å². The van der Waals surface area contributed by atoms with Gasteiger partial charge in [-0.05, 0) is 75.9 Å². The van der Waals surface area contributed by atoms with E-state index in [-0.39, 0.29) is 18.1 Å². The fourth-order valence-corrected chi connectivity index (χ4v) is 4.53. The monoisotopic (exact) mass is 442 g/mol. The minimum absolute atomic E-state index is 0. The Morgan fingerprint density at radius 1 is 0.750 bits per heavy atom. The van der Waals surface area contributed by atoms with Gasteiger partial charge in [0.05, 0.1) is 4.92 Å². The van der Waals surface area contributed by atoms with Crippen molar-refractivity contribution in [3.05, 3.63) is 106 Å². The number of halogens is 1. The highest BCUT2D eigenvalue weighted by Gasteiger charge is 2.13. The third-order valence-corrected chi connectivity index (χ3v) is 6.09. The van der Waals surface area contributed by atoms with Crippen LogP contribution in [0.2, 0.25) is 0 Å². The van der Waals surface area contributed by atoms with Gasteiger partial charge in [-0.15, -0.1) is 12.4 Å². The quantitative estimate of drug-likeness (QED) is 0.154. The van der Waals surface area contributed by atoms with Crippen LogP contribution in [0.15, 0.2) is 85.2 Å². The summed E-state index contributed by atoms with van der Waals surface area (Å²) in [6.45, 7) is 0. The molecule has 4 nitrogen and oxygen atoms in total. The molecule has 0 atom stereocenters. The van der Waals surface area contributed by atoms with E-state index in [1.165, 1.54) is 59.4 Å². The first kappa shape index (κ1) is 21.7. The van der Waals surface area contributed by atoms with Crippen molar-refractivity contribution in [3.8, 4) is 0 Å². The fourth-order valence-electron chi connectivity index (χ4n) is 4.53. The summed E-state index contributed by atoms with van der Waals surface area (Å²) < 4.78 is 0. The van der Waals surface area contributed by atoms with Gasteiger partial charge in [0.1, 0.15) is 0 Å². The van der Waals surface area contributed by atoms with Crippen LogP contribution in [0.1, 0.15) is 24.0 Å². The minimum atomic E-state index is -0.410. The second-order valence-corrected chi connectivity index (χ2v) is 7.96. The van der Waals surface area contributed by atoms with Crippen molar-refractivity contribution in [1.29, 1.82) is 0 Å². The maximum Gasteiger partial charge on any atom is 0.270 e. The van der Waals surface area contributed by atoms with E-state index < -0.39 is 4.92 Å². The molecular weight excluding hydrogens is 420 g/mol. The number of fused-ring (bicyclic) bond motifs is 6. The van der Waals surface area contributed by atoms with Crippen LogP contribution in [-0.2, 0) is 12.8 Å². The summed E-state index contributed by atoms with van der Waals surface area (Å²) in [5.74, 6) is 0. The number of nitro groups is 1.